The van der Waals surface area contributed by atoms with E-state index in [1.807, 2.05) is 0 Å². The van der Waals surface area contributed by atoms with Gasteiger partial charge in [-0.3, -0.25) is 9.69 Å². The molecule has 4 rings (SSSR count). The third-order valence-corrected chi connectivity index (χ3v) is 7.40. The molecule has 2 atom stereocenters. The Hall–Kier alpha value is -2.07. The van der Waals surface area contributed by atoms with E-state index in [1.165, 1.54) is 43.4 Å². The molecule has 1 aromatic carbocycles. The predicted molar refractivity (Wildman–Crippen MR) is 127 cm³/mol. The van der Waals surface area contributed by atoms with Gasteiger partial charge in [-0.1, -0.05) is 63.4 Å². The summed E-state index contributed by atoms with van der Waals surface area (Å²) in [6.45, 7) is 8.11. The van der Waals surface area contributed by atoms with Crippen LogP contribution in [0.1, 0.15) is 63.1 Å². The van der Waals surface area contributed by atoms with Crippen molar-refractivity contribution in [3.05, 3.63) is 59.9 Å². The number of hydrogen-bond donors (Lipinski definition) is 0. The van der Waals surface area contributed by atoms with Crippen molar-refractivity contribution in [1.82, 2.24) is 14.4 Å². The van der Waals surface area contributed by atoms with Crippen LogP contribution in [0.4, 0.5) is 0 Å². The van der Waals surface area contributed by atoms with Crippen LogP contribution in [0.15, 0.2) is 48.7 Å². The molecule has 0 N–H and O–H groups in total. The predicted octanol–water partition coefficient (Wildman–Crippen LogP) is 5.06. The lowest BCUT2D eigenvalue weighted by Crippen LogP contribution is -2.47. The summed E-state index contributed by atoms with van der Waals surface area (Å²) < 4.78 is 2.22. The average Bonchev–Trinajstić information content (AvgIpc) is 3.38. The molecule has 2 aromatic rings. The Morgan fingerprint density at radius 1 is 1.03 bits per heavy atom. The maximum atomic E-state index is 13.3. The maximum Gasteiger partial charge on any atom is 0.225 e. The number of amides is 1. The van der Waals surface area contributed by atoms with Crippen molar-refractivity contribution in [3.8, 4) is 0 Å². The van der Waals surface area contributed by atoms with Crippen LogP contribution in [0, 0.1) is 11.8 Å². The monoisotopic (exact) mass is 421 g/mol. The molecule has 1 aliphatic heterocycles. The smallest absolute Gasteiger partial charge is 0.225 e. The van der Waals surface area contributed by atoms with Gasteiger partial charge in [-0.25, -0.2) is 0 Å². The molecule has 0 radical (unpaired) electrons. The van der Waals surface area contributed by atoms with E-state index >= 15 is 0 Å². The van der Waals surface area contributed by atoms with Crippen LogP contribution < -0.4 is 0 Å². The zero-order valence-electron chi connectivity index (χ0n) is 19.5. The van der Waals surface area contributed by atoms with E-state index < -0.39 is 0 Å². The molecule has 0 unspecified atom stereocenters. The fourth-order valence-corrected chi connectivity index (χ4v) is 5.64. The second kappa shape index (κ2) is 10.0. The summed E-state index contributed by atoms with van der Waals surface area (Å²) in [5.74, 6) is 1.37. The molecule has 2 aliphatic rings. The summed E-state index contributed by atoms with van der Waals surface area (Å²) in [7, 11) is 2.13. The third-order valence-electron chi connectivity index (χ3n) is 7.40. The molecule has 1 saturated heterocycles. The molecule has 4 nitrogen and oxygen atoms in total. The standard InChI is InChI=1S/C27H39N3O/c1-21(2)27(31)30(24-13-8-5-9-14-24)18-23-17-29(19-25-15-10-16-28(25)3)20-26(23)22-11-6-4-7-12-22/h4,6-7,10-12,15-16,21,23-24,26H,5,8-9,13-14,17-20H2,1-3H3/t23-,26-/m0/s1. The number of aromatic nitrogens is 1. The first-order chi connectivity index (χ1) is 15.0. The molecule has 2 fully saturated rings. The molecule has 4 heteroatoms. The SMILES string of the molecule is CC(C)C(=O)N(C[C@@H]1CN(Cc2cccn2C)C[C@H]1c1ccccc1)C1CCCCC1. The third kappa shape index (κ3) is 5.23. The molecule has 0 bridgehead atoms. The number of rotatable bonds is 7. The molecule has 168 valence electrons. The first kappa shape index (κ1) is 22.1. The number of hydrogen-bond acceptors (Lipinski definition) is 2. The molecule has 0 spiro atoms. The van der Waals surface area contributed by atoms with Crippen LogP contribution in [0.3, 0.4) is 0 Å². The highest BCUT2D eigenvalue weighted by molar-refractivity contribution is 5.78. The number of aryl methyl sites for hydroxylation is 1. The van der Waals surface area contributed by atoms with Gasteiger partial charge in [0.25, 0.3) is 0 Å². The lowest BCUT2D eigenvalue weighted by Gasteiger charge is -2.38. The number of benzene rings is 1. The van der Waals surface area contributed by atoms with Crippen molar-refractivity contribution in [3.63, 3.8) is 0 Å². The Morgan fingerprint density at radius 2 is 1.77 bits per heavy atom. The molecular weight excluding hydrogens is 382 g/mol. The van der Waals surface area contributed by atoms with Crippen LogP contribution in [-0.4, -0.2) is 46.0 Å². The molecular formula is C27H39N3O. The topological polar surface area (TPSA) is 28.5 Å². The quantitative estimate of drug-likeness (QED) is 0.625. The molecule has 1 aliphatic carbocycles. The van der Waals surface area contributed by atoms with E-state index in [9.17, 15) is 4.79 Å². The summed E-state index contributed by atoms with van der Waals surface area (Å²) in [4.78, 5) is 18.1. The highest BCUT2D eigenvalue weighted by Crippen LogP contribution is 2.36. The summed E-state index contributed by atoms with van der Waals surface area (Å²) in [6, 6.07) is 15.8. The van der Waals surface area contributed by atoms with Crippen LogP contribution in [0.2, 0.25) is 0 Å². The fraction of sp³-hybridized carbons (Fsp3) is 0.593. The van der Waals surface area contributed by atoms with E-state index in [1.54, 1.807) is 0 Å². The van der Waals surface area contributed by atoms with E-state index in [-0.39, 0.29) is 5.92 Å². The van der Waals surface area contributed by atoms with Gasteiger partial charge in [0.15, 0.2) is 0 Å². The molecule has 31 heavy (non-hydrogen) atoms. The molecule has 2 heterocycles. The van der Waals surface area contributed by atoms with Crippen molar-refractivity contribution in [2.75, 3.05) is 19.6 Å². The summed E-state index contributed by atoms with van der Waals surface area (Å²) >= 11 is 0. The van der Waals surface area contributed by atoms with Gasteiger partial charge in [0.05, 0.1) is 0 Å². The zero-order chi connectivity index (χ0) is 21.8. The second-order valence-electron chi connectivity index (χ2n) is 10.0. The van der Waals surface area contributed by atoms with Gasteiger partial charge in [-0.15, -0.1) is 0 Å². The minimum Gasteiger partial charge on any atom is -0.353 e. The first-order valence-electron chi connectivity index (χ1n) is 12.2. The molecule has 1 saturated carbocycles. The summed E-state index contributed by atoms with van der Waals surface area (Å²) in [5, 5.41) is 0. The van der Waals surface area contributed by atoms with Gasteiger partial charge in [-0.05, 0) is 36.5 Å². The second-order valence-corrected chi connectivity index (χ2v) is 10.0. The van der Waals surface area contributed by atoms with Crippen molar-refractivity contribution in [1.29, 1.82) is 0 Å². The largest absolute Gasteiger partial charge is 0.353 e. The Kier molecular flexibility index (Phi) is 7.16. The Morgan fingerprint density at radius 3 is 2.42 bits per heavy atom. The van der Waals surface area contributed by atoms with Crippen molar-refractivity contribution in [2.45, 2.75) is 64.5 Å². The van der Waals surface area contributed by atoms with Crippen molar-refractivity contribution in [2.24, 2.45) is 18.9 Å². The maximum absolute atomic E-state index is 13.3. The van der Waals surface area contributed by atoms with Crippen LogP contribution in [-0.2, 0) is 18.4 Å². The summed E-state index contributed by atoms with van der Waals surface area (Å²) in [6.07, 6.45) is 8.32. The van der Waals surface area contributed by atoms with E-state index in [4.69, 9.17) is 0 Å². The summed E-state index contributed by atoms with van der Waals surface area (Å²) in [5.41, 5.74) is 2.78. The lowest BCUT2D eigenvalue weighted by atomic mass is 9.86. The fourth-order valence-electron chi connectivity index (χ4n) is 5.64. The van der Waals surface area contributed by atoms with Gasteiger partial charge >= 0.3 is 0 Å². The minimum atomic E-state index is 0.0676. The van der Waals surface area contributed by atoms with Crippen LogP contribution >= 0.6 is 0 Å². The Balaban J connectivity index is 1.55. The van der Waals surface area contributed by atoms with Crippen LogP contribution in [0.25, 0.3) is 0 Å². The van der Waals surface area contributed by atoms with E-state index in [2.05, 4.69) is 83.9 Å². The van der Waals surface area contributed by atoms with Gasteiger partial charge in [0, 0.05) is 63.0 Å². The number of carbonyl (C=O) groups is 1. The van der Waals surface area contributed by atoms with Crippen LogP contribution in [0.5, 0.6) is 0 Å². The Labute approximate surface area is 188 Å². The highest BCUT2D eigenvalue weighted by Gasteiger charge is 2.38. The van der Waals surface area contributed by atoms with E-state index in [0.29, 0.717) is 23.8 Å². The van der Waals surface area contributed by atoms with Gasteiger partial charge in [0.1, 0.15) is 0 Å². The van der Waals surface area contributed by atoms with Crippen molar-refractivity contribution < 1.29 is 4.79 Å². The van der Waals surface area contributed by atoms with Crippen molar-refractivity contribution >= 4 is 5.91 Å². The van der Waals surface area contributed by atoms with E-state index in [0.717, 1.165) is 26.2 Å². The van der Waals surface area contributed by atoms with Gasteiger partial charge in [-0.2, -0.15) is 0 Å². The normalized spacial score (nSPS) is 22.8. The lowest BCUT2D eigenvalue weighted by molar-refractivity contribution is -0.138. The number of likely N-dealkylation sites (tertiary alicyclic amines) is 1. The number of nitrogens with zero attached hydrogens (tertiary/aromatic N) is 3. The minimum absolute atomic E-state index is 0.0676. The number of carbonyl (C=O) groups excluding carboxylic acids is 1. The Bertz CT molecular complexity index is 837. The average molecular weight is 422 g/mol. The molecule has 1 aromatic heterocycles. The van der Waals surface area contributed by atoms with Gasteiger partial charge in [0.2, 0.25) is 5.91 Å². The van der Waals surface area contributed by atoms with Gasteiger partial charge < -0.3 is 9.47 Å². The highest BCUT2D eigenvalue weighted by atomic mass is 16.2. The first-order valence-corrected chi connectivity index (χ1v) is 12.2. The zero-order valence-corrected chi connectivity index (χ0v) is 19.5. The molecule has 1 amide bonds.